The lowest BCUT2D eigenvalue weighted by Crippen LogP contribution is -2.43. The Morgan fingerprint density at radius 1 is 0.857 bits per heavy atom. The van der Waals surface area contributed by atoms with E-state index in [4.69, 9.17) is 9.47 Å². The number of carbonyl (C=O) groups excluding carboxylic acids is 2. The first-order valence-corrected chi connectivity index (χ1v) is 8.34. The molecule has 0 spiro atoms. The topological polar surface area (TPSA) is 127 Å². The van der Waals surface area contributed by atoms with Gasteiger partial charge in [-0.05, 0) is 24.3 Å². The second-order valence-corrected chi connectivity index (χ2v) is 6.30. The number of aliphatic carboxylic acids is 2. The maximum absolute atomic E-state index is 12.2. The van der Waals surface area contributed by atoms with E-state index in [0.29, 0.717) is 0 Å². The standard InChI is InChI=1S/C20H16O8/c21-16(22)15(28-18(24)13-9-5-2-6-10-13)20(19(25)26)11-14(20)27-17(23)12-7-3-1-4-8-12/h1-10,14-15H,11H2,(H,21,22)(H,25,26)/t14-,15-,20?/m1/s1. The molecule has 0 amide bonds. The van der Waals surface area contributed by atoms with E-state index in [1.807, 2.05) is 0 Å². The summed E-state index contributed by atoms with van der Waals surface area (Å²) in [5.74, 6) is -4.92. The average molecular weight is 384 g/mol. The number of ether oxygens (including phenoxy) is 2. The molecule has 8 nitrogen and oxygen atoms in total. The van der Waals surface area contributed by atoms with Crippen molar-refractivity contribution in [3.8, 4) is 0 Å². The Bertz CT molecular complexity index is 908. The Labute approximate surface area is 159 Å². The molecule has 28 heavy (non-hydrogen) atoms. The quantitative estimate of drug-likeness (QED) is 0.694. The maximum Gasteiger partial charge on any atom is 0.346 e. The molecule has 1 fully saturated rings. The molecule has 2 N–H and O–H groups in total. The van der Waals surface area contributed by atoms with Crippen molar-refractivity contribution < 1.29 is 38.9 Å². The molecule has 3 atom stereocenters. The highest BCUT2D eigenvalue weighted by Crippen LogP contribution is 2.53. The van der Waals surface area contributed by atoms with Gasteiger partial charge >= 0.3 is 23.9 Å². The fourth-order valence-electron chi connectivity index (χ4n) is 2.90. The Balaban J connectivity index is 1.79. The molecule has 144 valence electrons. The van der Waals surface area contributed by atoms with Gasteiger partial charge in [0.2, 0.25) is 6.10 Å². The second kappa shape index (κ2) is 7.51. The van der Waals surface area contributed by atoms with Gasteiger partial charge in [0.1, 0.15) is 6.10 Å². The van der Waals surface area contributed by atoms with E-state index in [0.717, 1.165) is 0 Å². The van der Waals surface area contributed by atoms with Crippen LogP contribution in [0.25, 0.3) is 0 Å². The summed E-state index contributed by atoms with van der Waals surface area (Å²) in [6, 6.07) is 15.5. The highest BCUT2D eigenvalue weighted by Gasteiger charge is 2.72. The molecular formula is C20H16O8. The van der Waals surface area contributed by atoms with Crippen molar-refractivity contribution in [1.29, 1.82) is 0 Å². The van der Waals surface area contributed by atoms with Gasteiger partial charge in [-0.3, -0.25) is 4.79 Å². The smallest absolute Gasteiger partial charge is 0.346 e. The summed E-state index contributed by atoms with van der Waals surface area (Å²) in [5.41, 5.74) is -1.77. The predicted molar refractivity (Wildman–Crippen MR) is 93.6 cm³/mol. The molecule has 2 aromatic rings. The SMILES string of the molecule is O=C(O[C@H](C(=O)O)C1(C(=O)O)C[C@H]1OC(=O)c1ccccc1)c1ccccc1. The number of carbonyl (C=O) groups is 4. The van der Waals surface area contributed by atoms with Crippen molar-refractivity contribution >= 4 is 23.9 Å². The molecule has 8 heteroatoms. The molecule has 0 heterocycles. The van der Waals surface area contributed by atoms with E-state index in [1.54, 1.807) is 36.4 Å². The normalized spacial score (nSPS) is 21.2. The van der Waals surface area contributed by atoms with Crippen LogP contribution in [0.4, 0.5) is 0 Å². The molecule has 1 saturated carbocycles. The number of carboxylic acid groups (broad SMARTS) is 2. The summed E-state index contributed by atoms with van der Waals surface area (Å²) in [6.45, 7) is 0. The van der Waals surface area contributed by atoms with E-state index < -0.39 is 41.5 Å². The van der Waals surface area contributed by atoms with E-state index >= 15 is 0 Å². The van der Waals surface area contributed by atoms with Gasteiger partial charge in [0.15, 0.2) is 5.41 Å². The van der Waals surface area contributed by atoms with E-state index in [9.17, 15) is 29.4 Å². The second-order valence-electron chi connectivity index (χ2n) is 6.30. The van der Waals surface area contributed by atoms with Crippen molar-refractivity contribution in [2.45, 2.75) is 18.6 Å². The summed E-state index contributed by atoms with van der Waals surface area (Å²) in [6.07, 6.45) is -3.52. The van der Waals surface area contributed by atoms with Gasteiger partial charge in [-0.25, -0.2) is 14.4 Å². The van der Waals surface area contributed by atoms with Crippen LogP contribution in [0.2, 0.25) is 0 Å². The minimum absolute atomic E-state index is 0.0766. The van der Waals surface area contributed by atoms with Gasteiger partial charge < -0.3 is 19.7 Å². The number of hydrogen-bond donors (Lipinski definition) is 2. The van der Waals surface area contributed by atoms with Crippen LogP contribution in [-0.4, -0.2) is 46.3 Å². The van der Waals surface area contributed by atoms with E-state index in [1.165, 1.54) is 24.3 Å². The third-order valence-corrected chi connectivity index (χ3v) is 4.52. The number of rotatable bonds is 7. The zero-order chi connectivity index (χ0) is 20.3. The summed E-state index contributed by atoms with van der Waals surface area (Å²) >= 11 is 0. The van der Waals surface area contributed by atoms with Crippen LogP contribution in [0.5, 0.6) is 0 Å². The summed E-state index contributed by atoms with van der Waals surface area (Å²) < 4.78 is 10.2. The molecule has 0 bridgehead atoms. The van der Waals surface area contributed by atoms with E-state index in [-0.39, 0.29) is 17.5 Å². The third-order valence-electron chi connectivity index (χ3n) is 4.52. The van der Waals surface area contributed by atoms with Crippen LogP contribution in [0.15, 0.2) is 60.7 Å². The first-order valence-electron chi connectivity index (χ1n) is 8.34. The van der Waals surface area contributed by atoms with Gasteiger partial charge in [0, 0.05) is 6.42 Å². The maximum atomic E-state index is 12.2. The van der Waals surface area contributed by atoms with Gasteiger partial charge in [-0.2, -0.15) is 0 Å². The molecule has 1 unspecified atom stereocenters. The largest absolute Gasteiger partial charge is 0.481 e. The molecular weight excluding hydrogens is 368 g/mol. The van der Waals surface area contributed by atoms with Crippen molar-refractivity contribution in [2.24, 2.45) is 5.41 Å². The zero-order valence-corrected chi connectivity index (χ0v) is 14.5. The van der Waals surface area contributed by atoms with E-state index in [2.05, 4.69) is 0 Å². The number of carboxylic acids is 2. The Morgan fingerprint density at radius 2 is 1.36 bits per heavy atom. The lowest BCUT2D eigenvalue weighted by molar-refractivity contribution is -0.164. The molecule has 1 aliphatic rings. The highest BCUT2D eigenvalue weighted by molar-refractivity contribution is 5.95. The first kappa shape index (κ1) is 19.1. The highest BCUT2D eigenvalue weighted by atomic mass is 16.6. The fourth-order valence-corrected chi connectivity index (χ4v) is 2.90. The van der Waals surface area contributed by atoms with Crippen LogP contribution < -0.4 is 0 Å². The molecule has 2 aromatic carbocycles. The molecule has 1 aliphatic carbocycles. The van der Waals surface area contributed by atoms with Crippen LogP contribution in [0.3, 0.4) is 0 Å². The molecule has 0 aliphatic heterocycles. The Hall–Kier alpha value is -3.68. The zero-order valence-electron chi connectivity index (χ0n) is 14.5. The van der Waals surface area contributed by atoms with Crippen molar-refractivity contribution in [1.82, 2.24) is 0 Å². The van der Waals surface area contributed by atoms with Crippen LogP contribution in [0.1, 0.15) is 27.1 Å². The van der Waals surface area contributed by atoms with Gasteiger partial charge in [0.05, 0.1) is 11.1 Å². The molecule has 0 radical (unpaired) electrons. The van der Waals surface area contributed by atoms with Crippen LogP contribution >= 0.6 is 0 Å². The van der Waals surface area contributed by atoms with Crippen LogP contribution in [-0.2, 0) is 19.1 Å². The van der Waals surface area contributed by atoms with Gasteiger partial charge in [-0.1, -0.05) is 36.4 Å². The number of benzene rings is 2. The minimum atomic E-state index is -2.04. The lowest BCUT2D eigenvalue weighted by Gasteiger charge is -2.21. The van der Waals surface area contributed by atoms with Crippen molar-refractivity contribution in [3.63, 3.8) is 0 Å². The lowest BCUT2D eigenvalue weighted by atomic mass is 9.98. The monoisotopic (exact) mass is 384 g/mol. The third kappa shape index (κ3) is 3.57. The number of esters is 2. The van der Waals surface area contributed by atoms with Crippen LogP contribution in [0, 0.1) is 5.41 Å². The average Bonchev–Trinajstić information content (AvgIpc) is 3.41. The molecule has 0 aromatic heterocycles. The molecule has 0 saturated heterocycles. The summed E-state index contributed by atoms with van der Waals surface area (Å²) in [4.78, 5) is 47.9. The minimum Gasteiger partial charge on any atom is -0.481 e. The predicted octanol–water partition coefficient (Wildman–Crippen LogP) is 2.00. The summed E-state index contributed by atoms with van der Waals surface area (Å²) in [5, 5.41) is 19.1. The Kier molecular flexibility index (Phi) is 5.12. The first-order chi connectivity index (χ1) is 13.4. The van der Waals surface area contributed by atoms with Gasteiger partial charge in [0.25, 0.3) is 0 Å². The van der Waals surface area contributed by atoms with Crippen molar-refractivity contribution in [2.75, 3.05) is 0 Å². The fraction of sp³-hybridized carbons (Fsp3) is 0.200. The molecule has 3 rings (SSSR count). The number of hydrogen-bond acceptors (Lipinski definition) is 6. The summed E-state index contributed by atoms with van der Waals surface area (Å²) in [7, 11) is 0. The van der Waals surface area contributed by atoms with Gasteiger partial charge in [-0.15, -0.1) is 0 Å². The Morgan fingerprint density at radius 3 is 1.82 bits per heavy atom. The van der Waals surface area contributed by atoms with Crippen molar-refractivity contribution in [3.05, 3.63) is 71.8 Å².